The number of carboxylic acid groups (broad SMARTS) is 1. The SMILES string of the molecule is CC(C)(C1CO1)n1cc(C[C@H](N)C(=O)O)c2ccccc21. The van der Waals surface area contributed by atoms with Crippen molar-refractivity contribution in [3.05, 3.63) is 36.0 Å². The van der Waals surface area contributed by atoms with Crippen LogP contribution in [0.25, 0.3) is 10.9 Å². The Kier molecular flexibility index (Phi) is 3.26. The maximum Gasteiger partial charge on any atom is 0.320 e. The van der Waals surface area contributed by atoms with Gasteiger partial charge in [0.25, 0.3) is 0 Å². The lowest BCUT2D eigenvalue weighted by Crippen LogP contribution is -2.33. The Hall–Kier alpha value is -1.85. The molecule has 0 aliphatic carbocycles. The van der Waals surface area contributed by atoms with Crippen LogP contribution in [0.2, 0.25) is 0 Å². The summed E-state index contributed by atoms with van der Waals surface area (Å²) in [7, 11) is 0. The molecule has 0 amide bonds. The zero-order valence-corrected chi connectivity index (χ0v) is 12.2. The number of para-hydroxylation sites is 1. The third-order valence-electron chi connectivity index (χ3n) is 4.29. The highest BCUT2D eigenvalue weighted by molar-refractivity contribution is 5.85. The molecular formula is C16H20N2O3. The quantitative estimate of drug-likeness (QED) is 0.821. The van der Waals surface area contributed by atoms with Crippen molar-refractivity contribution in [1.29, 1.82) is 0 Å². The van der Waals surface area contributed by atoms with Crippen LogP contribution in [-0.2, 0) is 21.5 Å². The zero-order valence-electron chi connectivity index (χ0n) is 12.2. The number of epoxide rings is 1. The van der Waals surface area contributed by atoms with Crippen molar-refractivity contribution in [2.75, 3.05) is 6.61 Å². The highest BCUT2D eigenvalue weighted by Gasteiger charge is 2.41. The molecule has 2 atom stereocenters. The van der Waals surface area contributed by atoms with Gasteiger partial charge in [0.1, 0.15) is 12.1 Å². The van der Waals surface area contributed by atoms with E-state index in [1.807, 2.05) is 24.4 Å². The number of nitrogens with zero attached hydrogens (tertiary/aromatic N) is 1. The molecule has 3 rings (SSSR count). The van der Waals surface area contributed by atoms with Gasteiger partial charge in [-0.25, -0.2) is 0 Å². The van der Waals surface area contributed by atoms with Crippen LogP contribution in [-0.4, -0.2) is 34.4 Å². The second-order valence-corrected chi connectivity index (χ2v) is 6.17. The number of aliphatic carboxylic acids is 1. The van der Waals surface area contributed by atoms with E-state index in [9.17, 15) is 4.79 Å². The van der Waals surface area contributed by atoms with Crippen LogP contribution < -0.4 is 5.73 Å². The van der Waals surface area contributed by atoms with Crippen molar-refractivity contribution in [2.45, 2.75) is 38.0 Å². The number of hydrogen-bond acceptors (Lipinski definition) is 3. The second kappa shape index (κ2) is 4.86. The molecule has 0 radical (unpaired) electrons. The first-order chi connectivity index (χ1) is 9.91. The monoisotopic (exact) mass is 288 g/mol. The molecule has 0 saturated carbocycles. The van der Waals surface area contributed by atoms with Crippen LogP contribution in [0, 0.1) is 0 Å². The van der Waals surface area contributed by atoms with Gasteiger partial charge >= 0.3 is 5.97 Å². The fourth-order valence-corrected chi connectivity index (χ4v) is 2.82. The number of ether oxygens (including phenoxy) is 1. The average Bonchev–Trinajstić information content (AvgIpc) is 3.23. The lowest BCUT2D eigenvalue weighted by Gasteiger charge is -2.26. The molecule has 5 heteroatoms. The summed E-state index contributed by atoms with van der Waals surface area (Å²) in [6.45, 7) is 5.04. The van der Waals surface area contributed by atoms with Crippen molar-refractivity contribution in [3.8, 4) is 0 Å². The summed E-state index contributed by atoms with van der Waals surface area (Å²) in [6, 6.07) is 7.13. The topological polar surface area (TPSA) is 80.8 Å². The van der Waals surface area contributed by atoms with Crippen LogP contribution >= 0.6 is 0 Å². The summed E-state index contributed by atoms with van der Waals surface area (Å²) in [6.07, 6.45) is 2.55. The van der Waals surface area contributed by atoms with Gasteiger partial charge in [-0.2, -0.15) is 0 Å². The number of aromatic nitrogens is 1. The minimum atomic E-state index is -0.975. The number of fused-ring (bicyclic) bond motifs is 1. The standard InChI is InChI=1S/C16H20N2O3/c1-16(2,14-9-21-14)18-8-10(7-12(17)15(19)20)11-5-3-4-6-13(11)18/h3-6,8,12,14H,7,9,17H2,1-2H3,(H,19,20)/t12-,14?/m0/s1. The highest BCUT2D eigenvalue weighted by Crippen LogP contribution is 2.35. The summed E-state index contributed by atoms with van der Waals surface area (Å²) < 4.78 is 7.65. The summed E-state index contributed by atoms with van der Waals surface area (Å²) in [5, 5.41) is 10.1. The number of carboxylic acids is 1. The molecule has 5 nitrogen and oxygen atoms in total. The fraction of sp³-hybridized carbons (Fsp3) is 0.438. The van der Waals surface area contributed by atoms with Crippen LogP contribution in [0.5, 0.6) is 0 Å². The van der Waals surface area contributed by atoms with E-state index in [1.54, 1.807) is 0 Å². The minimum Gasteiger partial charge on any atom is -0.480 e. The molecule has 0 spiro atoms. The van der Waals surface area contributed by atoms with Gasteiger partial charge in [0.2, 0.25) is 0 Å². The van der Waals surface area contributed by atoms with Crippen molar-refractivity contribution in [1.82, 2.24) is 4.57 Å². The average molecular weight is 288 g/mol. The lowest BCUT2D eigenvalue weighted by molar-refractivity contribution is -0.138. The highest BCUT2D eigenvalue weighted by atomic mass is 16.6. The molecule has 3 N–H and O–H groups in total. The summed E-state index contributed by atoms with van der Waals surface area (Å²) in [5.74, 6) is -0.975. The molecule has 1 aliphatic heterocycles. The molecular weight excluding hydrogens is 268 g/mol. The van der Waals surface area contributed by atoms with Gasteiger partial charge in [0, 0.05) is 23.5 Å². The van der Waals surface area contributed by atoms with E-state index in [1.165, 1.54) is 0 Å². The van der Waals surface area contributed by atoms with E-state index in [4.69, 9.17) is 15.6 Å². The summed E-state index contributed by atoms with van der Waals surface area (Å²) in [5.41, 5.74) is 7.59. The number of carbonyl (C=O) groups is 1. The van der Waals surface area contributed by atoms with Crippen LogP contribution in [0.1, 0.15) is 19.4 Å². The molecule has 1 aromatic heterocycles. The molecule has 1 aliphatic rings. The number of nitrogens with two attached hydrogens (primary N) is 1. The van der Waals surface area contributed by atoms with Crippen LogP contribution in [0.3, 0.4) is 0 Å². The fourth-order valence-electron chi connectivity index (χ4n) is 2.82. The van der Waals surface area contributed by atoms with E-state index in [-0.39, 0.29) is 11.6 Å². The van der Waals surface area contributed by atoms with E-state index in [2.05, 4.69) is 24.5 Å². The minimum absolute atomic E-state index is 0.162. The molecule has 1 aromatic carbocycles. The Morgan fingerprint density at radius 3 is 2.81 bits per heavy atom. The second-order valence-electron chi connectivity index (χ2n) is 6.17. The van der Waals surface area contributed by atoms with Gasteiger partial charge in [-0.15, -0.1) is 0 Å². The van der Waals surface area contributed by atoms with Gasteiger partial charge in [0.05, 0.1) is 12.1 Å². The number of hydrogen-bond donors (Lipinski definition) is 2. The molecule has 2 heterocycles. The smallest absolute Gasteiger partial charge is 0.320 e. The maximum atomic E-state index is 11.0. The van der Waals surface area contributed by atoms with E-state index < -0.39 is 12.0 Å². The first kappa shape index (κ1) is 14.1. The summed E-state index contributed by atoms with van der Waals surface area (Å²) >= 11 is 0. The third kappa shape index (κ3) is 2.43. The predicted molar refractivity (Wildman–Crippen MR) is 80.3 cm³/mol. The van der Waals surface area contributed by atoms with E-state index in [0.29, 0.717) is 6.42 Å². The van der Waals surface area contributed by atoms with Crippen molar-refractivity contribution in [2.24, 2.45) is 5.73 Å². The van der Waals surface area contributed by atoms with Gasteiger partial charge in [-0.05, 0) is 25.5 Å². The molecule has 21 heavy (non-hydrogen) atoms. The normalized spacial score (nSPS) is 19.7. The molecule has 112 valence electrons. The molecule has 1 saturated heterocycles. The van der Waals surface area contributed by atoms with Gasteiger partial charge in [-0.1, -0.05) is 18.2 Å². The molecule has 1 unspecified atom stereocenters. The van der Waals surface area contributed by atoms with E-state index >= 15 is 0 Å². The zero-order chi connectivity index (χ0) is 15.2. The first-order valence-corrected chi connectivity index (χ1v) is 7.10. The Morgan fingerprint density at radius 1 is 1.52 bits per heavy atom. The molecule has 1 fully saturated rings. The largest absolute Gasteiger partial charge is 0.480 e. The number of benzene rings is 1. The molecule has 0 bridgehead atoms. The lowest BCUT2D eigenvalue weighted by atomic mass is 10.0. The third-order valence-corrected chi connectivity index (χ3v) is 4.29. The summed E-state index contributed by atoms with van der Waals surface area (Å²) in [4.78, 5) is 11.0. The van der Waals surface area contributed by atoms with Gasteiger partial charge in [0.15, 0.2) is 0 Å². The predicted octanol–water partition coefficient (Wildman–Crippen LogP) is 1.73. The number of rotatable bonds is 5. The Morgan fingerprint density at radius 2 is 2.19 bits per heavy atom. The van der Waals surface area contributed by atoms with E-state index in [0.717, 1.165) is 23.1 Å². The Balaban J connectivity index is 2.07. The molecule has 2 aromatic rings. The Bertz CT molecular complexity index is 686. The van der Waals surface area contributed by atoms with Gasteiger partial charge < -0.3 is 20.1 Å². The van der Waals surface area contributed by atoms with Crippen molar-refractivity contribution >= 4 is 16.9 Å². The van der Waals surface area contributed by atoms with Crippen molar-refractivity contribution in [3.63, 3.8) is 0 Å². The Labute approximate surface area is 123 Å². The first-order valence-electron chi connectivity index (χ1n) is 7.10. The van der Waals surface area contributed by atoms with Gasteiger partial charge in [-0.3, -0.25) is 4.79 Å². The van der Waals surface area contributed by atoms with Crippen molar-refractivity contribution < 1.29 is 14.6 Å². The van der Waals surface area contributed by atoms with Crippen LogP contribution in [0.4, 0.5) is 0 Å². The van der Waals surface area contributed by atoms with Crippen LogP contribution in [0.15, 0.2) is 30.5 Å². The maximum absolute atomic E-state index is 11.0.